The number of anilines is 1. The number of benzene rings is 2. The number of primary amides is 1. The minimum atomic E-state index is -0.868. The molecule has 0 spiro atoms. The molecular weight excluding hydrogens is 290 g/mol. The van der Waals surface area contributed by atoms with E-state index in [1.54, 1.807) is 0 Å². The van der Waals surface area contributed by atoms with Crippen molar-refractivity contribution in [2.45, 2.75) is 25.8 Å². The van der Waals surface area contributed by atoms with Crippen molar-refractivity contribution in [3.63, 3.8) is 0 Å². The maximum absolute atomic E-state index is 12.3. The summed E-state index contributed by atoms with van der Waals surface area (Å²) in [6.07, 6.45) is 0. The number of carbonyl (C=O) groups is 2. The van der Waals surface area contributed by atoms with Crippen LogP contribution < -0.4 is 16.4 Å². The van der Waals surface area contributed by atoms with Crippen LogP contribution >= 0.6 is 0 Å². The van der Waals surface area contributed by atoms with Crippen LogP contribution in [0.3, 0.4) is 0 Å². The number of amides is 3. The second-order valence-corrected chi connectivity index (χ2v) is 5.62. The van der Waals surface area contributed by atoms with Gasteiger partial charge in [-0.2, -0.15) is 0 Å². The average molecular weight is 311 g/mol. The van der Waals surface area contributed by atoms with Gasteiger partial charge in [-0.1, -0.05) is 56.3 Å². The predicted octanol–water partition coefficient (Wildman–Crippen LogP) is 3.16. The maximum Gasteiger partial charge on any atom is 0.318 e. The van der Waals surface area contributed by atoms with Crippen LogP contribution in [-0.4, -0.2) is 11.9 Å². The predicted molar refractivity (Wildman–Crippen MR) is 91.1 cm³/mol. The summed E-state index contributed by atoms with van der Waals surface area (Å²) in [5.74, 6) is -0.0521. The minimum Gasteiger partial charge on any atom is -0.370 e. The number of urea groups is 1. The first kappa shape index (κ1) is 16.5. The van der Waals surface area contributed by atoms with Gasteiger partial charge in [-0.25, -0.2) is 4.79 Å². The van der Waals surface area contributed by atoms with E-state index in [4.69, 9.17) is 5.73 Å². The number of nitrogens with one attached hydrogen (secondary N) is 2. The van der Waals surface area contributed by atoms with Gasteiger partial charge >= 0.3 is 6.03 Å². The monoisotopic (exact) mass is 311 g/mol. The van der Waals surface area contributed by atoms with Crippen LogP contribution in [0.25, 0.3) is 0 Å². The number of rotatable bonds is 5. The van der Waals surface area contributed by atoms with Crippen molar-refractivity contribution in [2.24, 2.45) is 5.73 Å². The Balaban J connectivity index is 2.23. The van der Waals surface area contributed by atoms with Crippen LogP contribution in [0.4, 0.5) is 10.5 Å². The smallest absolute Gasteiger partial charge is 0.318 e. The third-order valence-corrected chi connectivity index (χ3v) is 3.53. The molecular formula is C18H21N3O2. The second-order valence-electron chi connectivity index (χ2n) is 5.62. The Kier molecular flexibility index (Phi) is 5.36. The molecule has 2 aromatic rings. The second kappa shape index (κ2) is 7.45. The molecule has 0 radical (unpaired) electrons. The van der Waals surface area contributed by atoms with Crippen LogP contribution in [0.1, 0.15) is 36.9 Å². The summed E-state index contributed by atoms with van der Waals surface area (Å²) in [5.41, 5.74) is 7.82. The minimum absolute atomic E-state index is 0.437. The summed E-state index contributed by atoms with van der Waals surface area (Å²) in [6.45, 7) is 4.24. The van der Waals surface area contributed by atoms with Crippen molar-refractivity contribution in [1.29, 1.82) is 0 Å². The van der Waals surface area contributed by atoms with E-state index in [0.29, 0.717) is 5.92 Å². The lowest BCUT2D eigenvalue weighted by atomic mass is 10.0. The fourth-order valence-electron chi connectivity index (χ4n) is 2.27. The first-order valence-corrected chi connectivity index (χ1v) is 7.49. The molecule has 0 aliphatic carbocycles. The lowest BCUT2D eigenvalue weighted by molar-refractivity contribution is -0.120. The van der Waals surface area contributed by atoms with E-state index in [9.17, 15) is 9.59 Å². The van der Waals surface area contributed by atoms with Crippen LogP contribution in [0.2, 0.25) is 0 Å². The van der Waals surface area contributed by atoms with Gasteiger partial charge in [0.1, 0.15) is 6.04 Å². The fourth-order valence-corrected chi connectivity index (χ4v) is 2.27. The van der Waals surface area contributed by atoms with Crippen LogP contribution in [0, 0.1) is 0 Å². The summed E-state index contributed by atoms with van der Waals surface area (Å²) in [6, 6.07) is 15.5. The van der Waals surface area contributed by atoms with Crippen molar-refractivity contribution in [3.8, 4) is 0 Å². The van der Waals surface area contributed by atoms with Crippen LogP contribution in [0.5, 0.6) is 0 Å². The molecule has 0 aliphatic rings. The Hall–Kier alpha value is -2.82. The van der Waals surface area contributed by atoms with Crippen molar-refractivity contribution < 1.29 is 9.59 Å². The standard InChI is InChI=1S/C18H21N3O2/c1-12(2)13-8-10-15(11-9-13)20-16(17(22)21-18(19)23)14-6-4-3-5-7-14/h3-12,16,20H,1-2H3,(H3,19,21,22,23)/t16-/m0/s1. The molecule has 2 aromatic carbocycles. The van der Waals surface area contributed by atoms with Crippen molar-refractivity contribution >= 4 is 17.6 Å². The third kappa shape index (κ3) is 4.57. The van der Waals surface area contributed by atoms with Gasteiger partial charge in [0.05, 0.1) is 0 Å². The van der Waals surface area contributed by atoms with Gasteiger partial charge in [-0.3, -0.25) is 10.1 Å². The van der Waals surface area contributed by atoms with E-state index >= 15 is 0 Å². The zero-order chi connectivity index (χ0) is 16.8. The van der Waals surface area contributed by atoms with E-state index in [1.807, 2.05) is 54.6 Å². The van der Waals surface area contributed by atoms with Gasteiger partial charge < -0.3 is 11.1 Å². The molecule has 0 saturated carbocycles. The highest BCUT2D eigenvalue weighted by Crippen LogP contribution is 2.22. The molecule has 0 bridgehead atoms. The van der Waals surface area contributed by atoms with E-state index < -0.39 is 18.0 Å². The highest BCUT2D eigenvalue weighted by atomic mass is 16.2. The SMILES string of the molecule is CC(C)c1ccc(N[C@H](C(=O)NC(N)=O)c2ccccc2)cc1. The molecule has 4 N–H and O–H groups in total. The topological polar surface area (TPSA) is 84.2 Å². The van der Waals surface area contributed by atoms with E-state index in [0.717, 1.165) is 11.3 Å². The normalized spacial score (nSPS) is 11.8. The average Bonchev–Trinajstić information content (AvgIpc) is 2.53. The van der Waals surface area contributed by atoms with E-state index in [-0.39, 0.29) is 0 Å². The lowest BCUT2D eigenvalue weighted by Crippen LogP contribution is -2.40. The molecule has 2 rings (SSSR count). The molecule has 120 valence electrons. The Bertz CT molecular complexity index is 666. The highest BCUT2D eigenvalue weighted by molar-refractivity contribution is 5.98. The van der Waals surface area contributed by atoms with Crippen LogP contribution in [0.15, 0.2) is 54.6 Å². The summed E-state index contributed by atoms with van der Waals surface area (Å²) >= 11 is 0. The molecule has 0 aromatic heterocycles. The largest absolute Gasteiger partial charge is 0.370 e. The van der Waals surface area contributed by atoms with Crippen molar-refractivity contribution in [3.05, 3.63) is 65.7 Å². The van der Waals surface area contributed by atoms with E-state index in [1.165, 1.54) is 5.56 Å². The van der Waals surface area contributed by atoms with Gasteiger partial charge in [0.2, 0.25) is 0 Å². The number of hydrogen-bond acceptors (Lipinski definition) is 3. The number of imide groups is 1. The molecule has 5 nitrogen and oxygen atoms in total. The maximum atomic E-state index is 12.3. The van der Waals surface area contributed by atoms with Gasteiger partial charge in [0.25, 0.3) is 5.91 Å². The molecule has 1 atom stereocenters. The third-order valence-electron chi connectivity index (χ3n) is 3.53. The van der Waals surface area contributed by atoms with Gasteiger partial charge in [-0.15, -0.1) is 0 Å². The number of hydrogen-bond donors (Lipinski definition) is 3. The Morgan fingerprint density at radius 3 is 2.04 bits per heavy atom. The first-order chi connectivity index (χ1) is 11.0. The van der Waals surface area contributed by atoms with Gasteiger partial charge in [-0.05, 0) is 29.2 Å². The Labute approximate surface area is 135 Å². The summed E-state index contributed by atoms with van der Waals surface area (Å²) in [4.78, 5) is 23.2. The van der Waals surface area contributed by atoms with E-state index in [2.05, 4.69) is 24.5 Å². The van der Waals surface area contributed by atoms with Crippen molar-refractivity contribution in [2.75, 3.05) is 5.32 Å². The highest BCUT2D eigenvalue weighted by Gasteiger charge is 2.21. The Morgan fingerprint density at radius 1 is 0.913 bits per heavy atom. The number of nitrogens with two attached hydrogens (primary N) is 1. The molecule has 3 amide bonds. The molecule has 23 heavy (non-hydrogen) atoms. The van der Waals surface area contributed by atoms with Crippen LogP contribution in [-0.2, 0) is 4.79 Å². The van der Waals surface area contributed by atoms with Gasteiger partial charge in [0, 0.05) is 5.69 Å². The molecule has 0 saturated heterocycles. The summed E-state index contributed by atoms with van der Waals surface area (Å²) < 4.78 is 0. The lowest BCUT2D eigenvalue weighted by Gasteiger charge is -2.19. The Morgan fingerprint density at radius 2 is 1.52 bits per heavy atom. The fraction of sp³-hybridized carbons (Fsp3) is 0.222. The molecule has 0 aliphatic heterocycles. The zero-order valence-electron chi connectivity index (χ0n) is 13.2. The molecule has 0 fully saturated rings. The van der Waals surface area contributed by atoms with Gasteiger partial charge in [0.15, 0.2) is 0 Å². The molecule has 0 heterocycles. The zero-order valence-corrected chi connectivity index (χ0v) is 13.2. The quantitative estimate of drug-likeness (QED) is 0.793. The first-order valence-electron chi connectivity index (χ1n) is 7.49. The molecule has 5 heteroatoms. The number of carbonyl (C=O) groups excluding carboxylic acids is 2. The summed E-state index contributed by atoms with van der Waals surface area (Å²) in [7, 11) is 0. The summed E-state index contributed by atoms with van der Waals surface area (Å²) in [5, 5.41) is 5.28. The molecule has 0 unspecified atom stereocenters. The van der Waals surface area contributed by atoms with Crippen molar-refractivity contribution in [1.82, 2.24) is 5.32 Å².